The van der Waals surface area contributed by atoms with Crippen molar-refractivity contribution in [3.8, 4) is 12.3 Å². The summed E-state index contributed by atoms with van der Waals surface area (Å²) in [5.41, 5.74) is 0.572. The molecule has 0 saturated carbocycles. The van der Waals surface area contributed by atoms with E-state index >= 15 is 0 Å². The number of fused-ring (bicyclic) bond motifs is 3. The fraction of sp³-hybridized carbons (Fsp3) is 0.500. The van der Waals surface area contributed by atoms with Crippen LogP contribution in [0.15, 0.2) is 29.2 Å². The topological polar surface area (TPSA) is 78.5 Å². The largest absolute Gasteiger partial charge is 0.326 e. The molecule has 0 aliphatic carbocycles. The maximum absolute atomic E-state index is 12.5. The fourth-order valence-electron chi connectivity index (χ4n) is 3.75. The summed E-state index contributed by atoms with van der Waals surface area (Å²) in [5, 5.41) is 2.62. The highest BCUT2D eigenvalue weighted by Gasteiger charge is 2.39. The molecule has 3 aliphatic rings. The minimum absolute atomic E-state index is 0.194. The average Bonchev–Trinajstić information content (AvgIpc) is 2.60. The molecular weight excluding hydrogens is 338 g/mol. The normalized spacial score (nSPS) is 28.3. The summed E-state index contributed by atoms with van der Waals surface area (Å²) in [6, 6.07) is 6.36. The van der Waals surface area contributed by atoms with E-state index in [4.69, 9.17) is 6.42 Å². The summed E-state index contributed by atoms with van der Waals surface area (Å²) < 4.78 is 27.7. The number of carbonyl (C=O) groups is 1. The van der Waals surface area contributed by atoms with Gasteiger partial charge in [0.15, 0.2) is 0 Å². The smallest absolute Gasteiger partial charge is 0.240 e. The third kappa shape index (κ3) is 4.03. The van der Waals surface area contributed by atoms with Gasteiger partial charge in [0.1, 0.15) is 0 Å². The number of nitrogens with zero attached hydrogens (tertiary/aromatic N) is 1. The molecule has 1 aromatic carbocycles. The van der Waals surface area contributed by atoms with E-state index in [0.29, 0.717) is 24.1 Å². The van der Waals surface area contributed by atoms with Crippen LogP contribution in [-0.4, -0.2) is 44.9 Å². The molecule has 1 amide bonds. The van der Waals surface area contributed by atoms with Crippen LogP contribution >= 0.6 is 0 Å². The summed E-state index contributed by atoms with van der Waals surface area (Å²) in [6.07, 6.45) is 7.63. The van der Waals surface area contributed by atoms with Gasteiger partial charge in [-0.15, -0.1) is 12.3 Å². The molecule has 2 N–H and O–H groups in total. The van der Waals surface area contributed by atoms with Crippen LogP contribution in [-0.2, 0) is 14.8 Å². The predicted molar refractivity (Wildman–Crippen MR) is 96.3 cm³/mol. The quantitative estimate of drug-likeness (QED) is 0.774. The molecule has 7 heteroatoms. The van der Waals surface area contributed by atoms with Crippen molar-refractivity contribution >= 4 is 21.6 Å². The molecule has 134 valence electrons. The SMILES string of the molecule is C#C[C@H]1CN2CC[C@@H]1C[C@@H]2CNS(=O)(=O)c1ccc(NC(C)=O)cc1. The van der Waals surface area contributed by atoms with Crippen LogP contribution in [0.1, 0.15) is 19.8 Å². The zero-order chi connectivity index (χ0) is 18.0. The number of nitrogens with one attached hydrogen (secondary N) is 2. The Morgan fingerprint density at radius 3 is 2.64 bits per heavy atom. The standard InChI is InChI=1S/C18H23N3O3S/c1-3-14-12-21-9-8-15(14)10-17(21)11-19-25(23,24)18-6-4-16(5-7-18)20-13(2)22/h1,4-7,14-15,17,19H,8-12H2,2H3,(H,20,22)/t14-,15+,17+/m0/s1. The van der Waals surface area contributed by atoms with Crippen molar-refractivity contribution < 1.29 is 13.2 Å². The lowest BCUT2D eigenvalue weighted by Gasteiger charge is -2.48. The molecule has 25 heavy (non-hydrogen) atoms. The van der Waals surface area contributed by atoms with Gasteiger partial charge < -0.3 is 5.32 Å². The molecule has 2 bridgehead atoms. The monoisotopic (exact) mass is 361 g/mol. The molecule has 4 rings (SSSR count). The van der Waals surface area contributed by atoms with Crippen LogP contribution in [0.25, 0.3) is 0 Å². The van der Waals surface area contributed by atoms with Crippen molar-refractivity contribution in [3.05, 3.63) is 24.3 Å². The number of carbonyl (C=O) groups excluding carboxylic acids is 1. The molecule has 6 nitrogen and oxygen atoms in total. The first kappa shape index (κ1) is 17.9. The van der Waals surface area contributed by atoms with Crippen molar-refractivity contribution in [2.45, 2.75) is 30.7 Å². The molecule has 3 fully saturated rings. The van der Waals surface area contributed by atoms with Crippen LogP contribution in [0.5, 0.6) is 0 Å². The molecular formula is C18H23N3O3S. The maximum Gasteiger partial charge on any atom is 0.240 e. The average molecular weight is 361 g/mol. The molecule has 1 unspecified atom stereocenters. The van der Waals surface area contributed by atoms with Crippen LogP contribution in [0.4, 0.5) is 5.69 Å². The third-order valence-corrected chi connectivity index (χ3v) is 6.53. The highest BCUT2D eigenvalue weighted by molar-refractivity contribution is 7.89. The number of amides is 1. The van der Waals surface area contributed by atoms with Crippen LogP contribution < -0.4 is 10.0 Å². The van der Waals surface area contributed by atoms with E-state index in [2.05, 4.69) is 20.9 Å². The minimum atomic E-state index is -3.57. The molecule has 0 spiro atoms. The Morgan fingerprint density at radius 2 is 2.08 bits per heavy atom. The van der Waals surface area contributed by atoms with Gasteiger partial charge in [-0.25, -0.2) is 13.1 Å². The van der Waals surface area contributed by atoms with Gasteiger partial charge in [-0.3, -0.25) is 9.69 Å². The first-order valence-corrected chi connectivity index (χ1v) is 9.95. The van der Waals surface area contributed by atoms with Crippen LogP contribution in [0.2, 0.25) is 0 Å². The first-order valence-electron chi connectivity index (χ1n) is 8.46. The minimum Gasteiger partial charge on any atom is -0.326 e. The zero-order valence-electron chi connectivity index (χ0n) is 14.2. The van der Waals surface area contributed by atoms with Gasteiger partial charge >= 0.3 is 0 Å². The van der Waals surface area contributed by atoms with E-state index in [1.165, 1.54) is 19.1 Å². The van der Waals surface area contributed by atoms with E-state index < -0.39 is 10.0 Å². The molecule has 3 heterocycles. The lowest BCUT2D eigenvalue weighted by atomic mass is 9.76. The fourth-order valence-corrected chi connectivity index (χ4v) is 4.82. The Labute approximate surface area is 149 Å². The molecule has 3 aliphatic heterocycles. The Kier molecular flexibility index (Phi) is 5.13. The van der Waals surface area contributed by atoms with E-state index in [1.807, 2.05) is 0 Å². The summed E-state index contributed by atoms with van der Waals surface area (Å²) in [5.74, 6) is 3.46. The van der Waals surface area contributed by atoms with Crippen molar-refractivity contribution in [1.82, 2.24) is 9.62 Å². The van der Waals surface area contributed by atoms with Gasteiger partial charge in [-0.1, -0.05) is 0 Å². The second-order valence-corrected chi connectivity index (χ2v) is 8.53. The van der Waals surface area contributed by atoms with Gasteiger partial charge in [0.05, 0.1) is 4.90 Å². The van der Waals surface area contributed by atoms with Crippen LogP contribution in [0, 0.1) is 24.2 Å². The molecule has 0 aromatic heterocycles. The molecule has 3 saturated heterocycles. The summed E-state index contributed by atoms with van der Waals surface area (Å²) in [7, 11) is -3.57. The molecule has 4 atom stereocenters. The number of rotatable bonds is 5. The summed E-state index contributed by atoms with van der Waals surface area (Å²) >= 11 is 0. The van der Waals surface area contributed by atoms with E-state index in [9.17, 15) is 13.2 Å². The molecule has 1 aromatic rings. The van der Waals surface area contributed by atoms with E-state index in [1.54, 1.807) is 12.1 Å². The lowest BCUT2D eigenvalue weighted by molar-refractivity contribution is -0.114. The number of hydrogen-bond donors (Lipinski definition) is 2. The predicted octanol–water partition coefficient (Wildman–Crippen LogP) is 1.27. The van der Waals surface area contributed by atoms with Gasteiger partial charge in [-0.05, 0) is 49.6 Å². The second kappa shape index (κ2) is 7.16. The molecule has 0 radical (unpaired) electrons. The Bertz CT molecular complexity index is 783. The number of terminal acetylenes is 1. The van der Waals surface area contributed by atoms with Crippen molar-refractivity contribution in [2.75, 3.05) is 25.0 Å². The zero-order valence-corrected chi connectivity index (χ0v) is 15.1. The van der Waals surface area contributed by atoms with Gasteiger partial charge in [-0.2, -0.15) is 0 Å². The lowest BCUT2D eigenvalue weighted by Crippen LogP contribution is -2.56. The number of piperidine rings is 3. The third-order valence-electron chi connectivity index (χ3n) is 5.09. The number of anilines is 1. The second-order valence-electron chi connectivity index (χ2n) is 6.76. The number of hydrogen-bond acceptors (Lipinski definition) is 4. The van der Waals surface area contributed by atoms with Gasteiger partial charge in [0.2, 0.25) is 15.9 Å². The van der Waals surface area contributed by atoms with Crippen molar-refractivity contribution in [1.29, 1.82) is 0 Å². The number of sulfonamides is 1. The van der Waals surface area contributed by atoms with E-state index in [0.717, 1.165) is 25.9 Å². The highest BCUT2D eigenvalue weighted by atomic mass is 32.2. The summed E-state index contributed by atoms with van der Waals surface area (Å²) in [4.78, 5) is 13.5. The Hall–Kier alpha value is -1.88. The van der Waals surface area contributed by atoms with E-state index in [-0.39, 0.29) is 16.8 Å². The number of benzene rings is 1. The Morgan fingerprint density at radius 1 is 1.36 bits per heavy atom. The highest BCUT2D eigenvalue weighted by Crippen LogP contribution is 2.35. The van der Waals surface area contributed by atoms with Crippen LogP contribution in [0.3, 0.4) is 0 Å². The van der Waals surface area contributed by atoms with Crippen molar-refractivity contribution in [2.24, 2.45) is 11.8 Å². The van der Waals surface area contributed by atoms with Gasteiger partial charge in [0.25, 0.3) is 0 Å². The first-order chi connectivity index (χ1) is 11.9. The maximum atomic E-state index is 12.5. The Balaban J connectivity index is 1.61. The van der Waals surface area contributed by atoms with Crippen molar-refractivity contribution in [3.63, 3.8) is 0 Å². The van der Waals surface area contributed by atoms with Gasteiger partial charge in [0, 0.05) is 37.7 Å². The summed E-state index contributed by atoms with van der Waals surface area (Å²) in [6.45, 7) is 3.65.